The minimum Gasteiger partial charge on any atom is -0.444 e. The van der Waals surface area contributed by atoms with Crippen LogP contribution in [0, 0.1) is 17.8 Å². The van der Waals surface area contributed by atoms with Gasteiger partial charge in [-0.05, 0) is 63.0 Å². The highest BCUT2D eigenvalue weighted by Gasteiger charge is 2.46. The molecular formula is C31H49N5O4. The molecule has 2 atom stereocenters. The zero-order chi connectivity index (χ0) is 28.7. The van der Waals surface area contributed by atoms with Crippen LogP contribution in [0.15, 0.2) is 18.3 Å². The second-order valence-electron chi connectivity index (χ2n) is 13.0. The quantitative estimate of drug-likeness (QED) is 0.417. The van der Waals surface area contributed by atoms with Crippen molar-refractivity contribution in [2.24, 2.45) is 17.8 Å². The molecule has 2 saturated carbocycles. The number of nitrogen functional groups attached to an aromatic ring is 1. The van der Waals surface area contributed by atoms with Gasteiger partial charge < -0.3 is 26.0 Å². The van der Waals surface area contributed by atoms with E-state index in [1.165, 1.54) is 12.8 Å². The number of nitrogens with two attached hydrogens (primary N) is 1. The van der Waals surface area contributed by atoms with E-state index in [0.29, 0.717) is 37.2 Å². The summed E-state index contributed by atoms with van der Waals surface area (Å²) in [5.41, 5.74) is 5.85. The Kier molecular flexibility index (Phi) is 10.3. The molecule has 9 nitrogen and oxygen atoms in total. The first-order chi connectivity index (χ1) is 19.1. The number of nitrogens with one attached hydrogen (secondary N) is 2. The van der Waals surface area contributed by atoms with E-state index < -0.39 is 23.8 Å². The molecule has 222 valence electrons. The normalized spacial score (nSPS) is 21.7. The summed E-state index contributed by atoms with van der Waals surface area (Å²) < 4.78 is 5.66. The zero-order valence-corrected chi connectivity index (χ0v) is 24.6. The van der Waals surface area contributed by atoms with E-state index in [4.69, 9.17) is 10.5 Å². The first-order valence-corrected chi connectivity index (χ1v) is 15.4. The van der Waals surface area contributed by atoms with E-state index in [2.05, 4.69) is 15.6 Å². The van der Waals surface area contributed by atoms with E-state index in [9.17, 15) is 14.4 Å². The van der Waals surface area contributed by atoms with E-state index in [1.807, 2.05) is 26.8 Å². The van der Waals surface area contributed by atoms with Crippen molar-refractivity contribution in [2.75, 3.05) is 12.3 Å². The molecule has 1 aromatic rings. The van der Waals surface area contributed by atoms with Crippen molar-refractivity contribution >= 4 is 23.7 Å². The van der Waals surface area contributed by atoms with E-state index in [-0.39, 0.29) is 17.7 Å². The number of alkyl carbamates (subject to hydrolysis) is 1. The molecule has 2 heterocycles. The van der Waals surface area contributed by atoms with Crippen LogP contribution >= 0.6 is 0 Å². The maximum Gasteiger partial charge on any atom is 0.408 e. The highest BCUT2D eigenvalue weighted by molar-refractivity contribution is 5.92. The second kappa shape index (κ2) is 13.7. The topological polar surface area (TPSA) is 127 Å². The Morgan fingerprint density at radius 3 is 2.15 bits per heavy atom. The molecule has 0 unspecified atom stereocenters. The number of pyridine rings is 1. The van der Waals surface area contributed by atoms with Crippen molar-refractivity contribution < 1.29 is 19.1 Å². The number of amides is 3. The number of carbonyl (C=O) groups is 3. The van der Waals surface area contributed by atoms with Gasteiger partial charge in [0.2, 0.25) is 11.8 Å². The number of nitrogens with zero attached hydrogens (tertiary/aromatic N) is 2. The van der Waals surface area contributed by atoms with E-state index in [0.717, 1.165) is 63.4 Å². The van der Waals surface area contributed by atoms with Crippen LogP contribution in [0.2, 0.25) is 0 Å². The van der Waals surface area contributed by atoms with E-state index in [1.54, 1.807) is 17.2 Å². The Balaban J connectivity index is 1.56. The summed E-state index contributed by atoms with van der Waals surface area (Å²) in [5, 5.41) is 6.05. The molecule has 1 aromatic heterocycles. The predicted octanol–water partition coefficient (Wildman–Crippen LogP) is 4.94. The summed E-state index contributed by atoms with van der Waals surface area (Å²) in [7, 11) is 0. The summed E-state index contributed by atoms with van der Waals surface area (Å²) in [5.74, 6) is 0.925. The Morgan fingerprint density at radius 2 is 1.60 bits per heavy atom. The van der Waals surface area contributed by atoms with Crippen LogP contribution in [0.5, 0.6) is 0 Å². The fourth-order valence-electron chi connectivity index (χ4n) is 7.05. The van der Waals surface area contributed by atoms with Gasteiger partial charge in [-0.15, -0.1) is 0 Å². The number of hydrogen-bond acceptors (Lipinski definition) is 6. The van der Waals surface area contributed by atoms with Gasteiger partial charge >= 0.3 is 6.09 Å². The number of ether oxygens (including phenoxy) is 1. The molecule has 3 amide bonds. The first kappa shape index (κ1) is 30.1. The lowest BCUT2D eigenvalue weighted by Gasteiger charge is -2.43. The molecule has 9 heteroatoms. The number of carbonyl (C=O) groups excluding carboxylic acids is 3. The lowest BCUT2D eigenvalue weighted by Crippen LogP contribution is -2.58. The van der Waals surface area contributed by atoms with Crippen molar-refractivity contribution in [1.29, 1.82) is 0 Å². The largest absolute Gasteiger partial charge is 0.444 e. The molecule has 3 fully saturated rings. The summed E-state index contributed by atoms with van der Waals surface area (Å²) in [6.45, 7) is 6.33. The van der Waals surface area contributed by atoms with Crippen LogP contribution in [0.1, 0.15) is 103 Å². The average Bonchev–Trinajstić information content (AvgIpc) is 3.42. The Bertz CT molecular complexity index is 978. The molecule has 1 aliphatic heterocycles. The maximum atomic E-state index is 14.5. The maximum absolute atomic E-state index is 14.5. The SMILES string of the molecule is CC(C)(C)OC(=O)N[C@@H](C(=O)N1CCC[C@H]1C(=O)NCc1ccc(N)nc1)C(C1CCCCC1)C1CCCCC1. The average molecular weight is 556 g/mol. The van der Waals surface area contributed by atoms with Crippen molar-refractivity contribution in [2.45, 2.75) is 122 Å². The molecule has 0 radical (unpaired) electrons. The standard InChI is InChI=1S/C31H49N5O4/c1-31(2,3)40-30(39)35-27(26(22-11-6-4-7-12-22)23-13-8-5-9-14-23)29(38)36-18-10-15-24(36)28(37)34-20-21-16-17-25(32)33-19-21/h16-17,19,22-24,26-27H,4-15,18,20H2,1-3H3,(H2,32,33)(H,34,37)(H,35,39)/t24-,27+/m0/s1. The number of aromatic nitrogens is 1. The van der Waals surface area contributed by atoms with Crippen molar-refractivity contribution in [3.63, 3.8) is 0 Å². The monoisotopic (exact) mass is 555 g/mol. The number of hydrogen-bond donors (Lipinski definition) is 3. The number of rotatable bonds is 8. The van der Waals surface area contributed by atoms with Gasteiger partial charge in [0.25, 0.3) is 0 Å². The van der Waals surface area contributed by atoms with Gasteiger partial charge in [0.1, 0.15) is 23.5 Å². The van der Waals surface area contributed by atoms with Crippen LogP contribution in [0.25, 0.3) is 0 Å². The van der Waals surface area contributed by atoms with Crippen molar-refractivity contribution in [1.82, 2.24) is 20.5 Å². The Hall–Kier alpha value is -2.84. The molecule has 40 heavy (non-hydrogen) atoms. The predicted molar refractivity (Wildman–Crippen MR) is 155 cm³/mol. The first-order valence-electron chi connectivity index (χ1n) is 15.4. The van der Waals surface area contributed by atoms with Gasteiger partial charge in [-0.3, -0.25) is 9.59 Å². The second-order valence-corrected chi connectivity index (χ2v) is 13.0. The minimum atomic E-state index is -0.698. The third-order valence-electron chi connectivity index (χ3n) is 8.86. The molecule has 0 aromatic carbocycles. The molecule has 2 aliphatic carbocycles. The van der Waals surface area contributed by atoms with Crippen molar-refractivity contribution in [3.8, 4) is 0 Å². The lowest BCUT2D eigenvalue weighted by atomic mass is 9.66. The fourth-order valence-corrected chi connectivity index (χ4v) is 7.05. The van der Waals surface area contributed by atoms with Crippen LogP contribution < -0.4 is 16.4 Å². The van der Waals surface area contributed by atoms with Crippen LogP contribution in [0.4, 0.5) is 10.6 Å². The van der Waals surface area contributed by atoms with E-state index >= 15 is 0 Å². The highest BCUT2D eigenvalue weighted by atomic mass is 16.6. The van der Waals surface area contributed by atoms with Crippen molar-refractivity contribution in [3.05, 3.63) is 23.9 Å². The number of likely N-dealkylation sites (tertiary alicyclic amines) is 1. The Labute approximate surface area is 239 Å². The molecule has 0 bridgehead atoms. The molecule has 1 saturated heterocycles. The highest BCUT2D eigenvalue weighted by Crippen LogP contribution is 2.42. The summed E-state index contributed by atoms with van der Waals surface area (Å²) >= 11 is 0. The summed E-state index contributed by atoms with van der Waals surface area (Å²) in [6, 6.07) is 2.28. The summed E-state index contributed by atoms with van der Waals surface area (Å²) in [4.78, 5) is 46.8. The zero-order valence-electron chi connectivity index (χ0n) is 24.6. The van der Waals surface area contributed by atoms with Crippen LogP contribution in [0.3, 0.4) is 0 Å². The van der Waals surface area contributed by atoms with Gasteiger partial charge in [0.15, 0.2) is 0 Å². The number of anilines is 1. The third kappa shape index (κ3) is 8.10. The molecule has 0 spiro atoms. The van der Waals surface area contributed by atoms with Crippen LogP contribution in [-0.2, 0) is 20.9 Å². The minimum absolute atomic E-state index is 0.0470. The third-order valence-corrected chi connectivity index (χ3v) is 8.86. The van der Waals surface area contributed by atoms with Crippen LogP contribution in [-0.4, -0.2) is 52.0 Å². The van der Waals surface area contributed by atoms with Gasteiger partial charge in [-0.1, -0.05) is 70.3 Å². The molecule has 4 rings (SSSR count). The molecule has 3 aliphatic rings. The smallest absolute Gasteiger partial charge is 0.408 e. The summed E-state index contributed by atoms with van der Waals surface area (Å²) in [6.07, 6.45) is 13.9. The molecule has 4 N–H and O–H groups in total. The van der Waals surface area contributed by atoms with Gasteiger partial charge in [0, 0.05) is 19.3 Å². The Morgan fingerprint density at radius 1 is 0.975 bits per heavy atom. The lowest BCUT2D eigenvalue weighted by molar-refractivity contribution is -0.142. The van der Waals surface area contributed by atoms with Gasteiger partial charge in [-0.25, -0.2) is 9.78 Å². The van der Waals surface area contributed by atoms with Gasteiger partial charge in [-0.2, -0.15) is 0 Å². The van der Waals surface area contributed by atoms with Gasteiger partial charge in [0.05, 0.1) is 0 Å². The fraction of sp³-hybridized carbons (Fsp3) is 0.742. The molecular weight excluding hydrogens is 506 g/mol.